The summed E-state index contributed by atoms with van der Waals surface area (Å²) in [6.07, 6.45) is 4.47. The summed E-state index contributed by atoms with van der Waals surface area (Å²) in [6.45, 7) is 0. The maximum atomic E-state index is 11.2. The van der Waals surface area contributed by atoms with Crippen LogP contribution in [0.5, 0.6) is 0 Å². The summed E-state index contributed by atoms with van der Waals surface area (Å²) in [6, 6.07) is 9.44. The minimum atomic E-state index is -3.10. The standard InChI is InChI=1S/C13H12N2O3S/c1-19(16,17)9-15-7-6-12(14-15)11-8-18-13-5-3-2-4-10(11)13/h2-8H,9H2,1H3. The normalized spacial score (nSPS) is 12.1. The summed E-state index contributed by atoms with van der Waals surface area (Å²) >= 11 is 0. The van der Waals surface area contributed by atoms with Gasteiger partial charge >= 0.3 is 0 Å². The number of hydrogen-bond acceptors (Lipinski definition) is 4. The average Bonchev–Trinajstić information content (AvgIpc) is 2.92. The van der Waals surface area contributed by atoms with Gasteiger partial charge in [0.15, 0.2) is 9.84 Å². The fourth-order valence-corrected chi connectivity index (χ4v) is 2.62. The molecule has 3 aromatic rings. The molecule has 2 heterocycles. The molecule has 0 N–H and O–H groups in total. The van der Waals surface area contributed by atoms with Crippen molar-refractivity contribution in [3.63, 3.8) is 0 Å². The highest BCUT2D eigenvalue weighted by Gasteiger charge is 2.11. The second kappa shape index (κ2) is 4.24. The maximum Gasteiger partial charge on any atom is 0.167 e. The van der Waals surface area contributed by atoms with Gasteiger partial charge in [0.1, 0.15) is 17.7 Å². The molecular weight excluding hydrogens is 264 g/mol. The Morgan fingerprint density at radius 3 is 2.84 bits per heavy atom. The van der Waals surface area contributed by atoms with Crippen LogP contribution in [0.25, 0.3) is 22.2 Å². The lowest BCUT2D eigenvalue weighted by atomic mass is 10.1. The molecule has 0 unspecified atom stereocenters. The first-order valence-electron chi connectivity index (χ1n) is 5.71. The third-order valence-corrected chi connectivity index (χ3v) is 3.50. The zero-order valence-corrected chi connectivity index (χ0v) is 11.1. The highest BCUT2D eigenvalue weighted by molar-refractivity contribution is 7.89. The van der Waals surface area contributed by atoms with E-state index in [4.69, 9.17) is 4.42 Å². The van der Waals surface area contributed by atoms with E-state index in [2.05, 4.69) is 5.10 Å². The molecule has 0 fully saturated rings. The van der Waals surface area contributed by atoms with Crippen molar-refractivity contribution in [1.82, 2.24) is 9.78 Å². The molecule has 0 radical (unpaired) electrons. The van der Waals surface area contributed by atoms with E-state index < -0.39 is 9.84 Å². The minimum Gasteiger partial charge on any atom is -0.464 e. The summed E-state index contributed by atoms with van der Waals surface area (Å²) in [5.41, 5.74) is 2.35. The van der Waals surface area contributed by atoms with Gasteiger partial charge in [-0.15, -0.1) is 0 Å². The zero-order valence-electron chi connectivity index (χ0n) is 10.3. The summed E-state index contributed by atoms with van der Waals surface area (Å²) in [5.74, 6) is -0.122. The second-order valence-electron chi connectivity index (χ2n) is 4.44. The molecule has 0 bridgehead atoms. The number of rotatable bonds is 3. The molecule has 19 heavy (non-hydrogen) atoms. The fraction of sp³-hybridized carbons (Fsp3) is 0.154. The number of aromatic nitrogens is 2. The van der Waals surface area contributed by atoms with E-state index in [1.807, 2.05) is 24.3 Å². The lowest BCUT2D eigenvalue weighted by Crippen LogP contribution is -2.09. The van der Waals surface area contributed by atoms with E-state index >= 15 is 0 Å². The highest BCUT2D eigenvalue weighted by Crippen LogP contribution is 2.29. The van der Waals surface area contributed by atoms with Crippen molar-refractivity contribution in [3.8, 4) is 11.3 Å². The number of para-hydroxylation sites is 1. The van der Waals surface area contributed by atoms with E-state index in [0.29, 0.717) is 5.69 Å². The summed E-state index contributed by atoms with van der Waals surface area (Å²) in [4.78, 5) is 0. The van der Waals surface area contributed by atoms with E-state index in [9.17, 15) is 8.42 Å². The summed E-state index contributed by atoms with van der Waals surface area (Å²) in [7, 11) is -3.10. The van der Waals surface area contributed by atoms with Crippen molar-refractivity contribution in [2.75, 3.05) is 6.26 Å². The van der Waals surface area contributed by atoms with Crippen molar-refractivity contribution in [2.45, 2.75) is 5.88 Å². The van der Waals surface area contributed by atoms with Crippen molar-refractivity contribution >= 4 is 20.8 Å². The monoisotopic (exact) mass is 276 g/mol. The van der Waals surface area contributed by atoms with Crippen LogP contribution in [0.2, 0.25) is 0 Å². The second-order valence-corrected chi connectivity index (χ2v) is 6.55. The molecule has 3 rings (SSSR count). The predicted molar refractivity (Wildman–Crippen MR) is 72.3 cm³/mol. The Bertz CT molecular complexity index is 830. The van der Waals surface area contributed by atoms with Gasteiger partial charge in [-0.05, 0) is 12.1 Å². The smallest absolute Gasteiger partial charge is 0.167 e. The molecule has 6 heteroatoms. The third kappa shape index (κ3) is 2.39. The maximum absolute atomic E-state index is 11.2. The number of fused-ring (bicyclic) bond motifs is 1. The quantitative estimate of drug-likeness (QED) is 0.736. The molecule has 0 aliphatic carbocycles. The highest BCUT2D eigenvalue weighted by atomic mass is 32.2. The van der Waals surface area contributed by atoms with Crippen molar-refractivity contribution in [1.29, 1.82) is 0 Å². The molecule has 0 aliphatic rings. The largest absolute Gasteiger partial charge is 0.464 e. The van der Waals surface area contributed by atoms with Crippen LogP contribution in [0.3, 0.4) is 0 Å². The Morgan fingerprint density at radius 1 is 1.26 bits per heavy atom. The summed E-state index contributed by atoms with van der Waals surface area (Å²) < 4.78 is 29.3. The van der Waals surface area contributed by atoms with Gasteiger partial charge in [-0.3, -0.25) is 4.68 Å². The molecule has 0 saturated carbocycles. The first-order valence-corrected chi connectivity index (χ1v) is 7.77. The molecule has 0 saturated heterocycles. The van der Waals surface area contributed by atoms with Crippen molar-refractivity contribution < 1.29 is 12.8 Å². The van der Waals surface area contributed by atoms with Gasteiger partial charge in [0.25, 0.3) is 0 Å². The van der Waals surface area contributed by atoms with E-state index in [-0.39, 0.29) is 5.88 Å². The average molecular weight is 276 g/mol. The summed E-state index contributed by atoms with van der Waals surface area (Å²) in [5, 5.41) is 5.23. The van der Waals surface area contributed by atoms with Crippen LogP contribution < -0.4 is 0 Å². The van der Waals surface area contributed by atoms with Crippen LogP contribution in [-0.2, 0) is 15.7 Å². The molecular formula is C13H12N2O3S. The van der Waals surface area contributed by atoms with Crippen LogP contribution >= 0.6 is 0 Å². The van der Waals surface area contributed by atoms with Gasteiger partial charge in [-0.2, -0.15) is 5.10 Å². The molecule has 0 amide bonds. The van der Waals surface area contributed by atoms with Crippen molar-refractivity contribution in [2.24, 2.45) is 0 Å². The number of benzene rings is 1. The predicted octanol–water partition coefficient (Wildman–Crippen LogP) is 2.30. The van der Waals surface area contributed by atoms with Crippen LogP contribution in [0, 0.1) is 0 Å². The topological polar surface area (TPSA) is 65.1 Å². The lowest BCUT2D eigenvalue weighted by molar-refractivity contribution is 0.582. The van der Waals surface area contributed by atoms with Gasteiger partial charge < -0.3 is 4.42 Å². The SMILES string of the molecule is CS(=O)(=O)Cn1ccc(-c2coc3ccccc23)n1. The molecule has 98 valence electrons. The number of sulfone groups is 1. The Balaban J connectivity index is 2.03. The molecule has 0 spiro atoms. The fourth-order valence-electron chi connectivity index (χ4n) is 1.99. The minimum absolute atomic E-state index is 0.122. The number of furan rings is 1. The third-order valence-electron chi connectivity index (χ3n) is 2.76. The van der Waals surface area contributed by atoms with E-state index in [1.165, 1.54) is 10.9 Å². The van der Waals surface area contributed by atoms with Crippen LogP contribution in [-0.4, -0.2) is 24.5 Å². The van der Waals surface area contributed by atoms with E-state index in [1.54, 1.807) is 18.5 Å². The Morgan fingerprint density at radius 2 is 2.05 bits per heavy atom. The first kappa shape index (κ1) is 12.0. The van der Waals surface area contributed by atoms with Gasteiger partial charge in [0.2, 0.25) is 0 Å². The van der Waals surface area contributed by atoms with Gasteiger partial charge in [0.05, 0.1) is 5.69 Å². The van der Waals surface area contributed by atoms with Gasteiger partial charge in [-0.1, -0.05) is 18.2 Å². The number of hydrogen-bond donors (Lipinski definition) is 0. The molecule has 0 aliphatic heterocycles. The number of nitrogens with zero attached hydrogens (tertiary/aromatic N) is 2. The zero-order chi connectivity index (χ0) is 13.5. The Kier molecular flexibility index (Phi) is 2.67. The first-order chi connectivity index (χ1) is 9.03. The van der Waals surface area contributed by atoms with Gasteiger partial charge in [-0.25, -0.2) is 8.42 Å². The van der Waals surface area contributed by atoms with E-state index in [0.717, 1.165) is 16.5 Å². The molecule has 0 atom stereocenters. The lowest BCUT2D eigenvalue weighted by Gasteiger charge is -1.97. The molecule has 5 nitrogen and oxygen atoms in total. The van der Waals surface area contributed by atoms with Gasteiger partial charge in [0, 0.05) is 23.4 Å². The van der Waals surface area contributed by atoms with Crippen LogP contribution in [0.4, 0.5) is 0 Å². The van der Waals surface area contributed by atoms with Crippen LogP contribution in [0.1, 0.15) is 0 Å². The van der Waals surface area contributed by atoms with Crippen LogP contribution in [0.15, 0.2) is 47.2 Å². The Hall–Kier alpha value is -2.08. The molecule has 1 aromatic carbocycles. The Labute approximate surface area is 110 Å². The molecule has 2 aromatic heterocycles. The van der Waals surface area contributed by atoms with Crippen molar-refractivity contribution in [3.05, 3.63) is 42.8 Å².